The number of para-hydroxylation sites is 1. The Labute approximate surface area is 140 Å². The summed E-state index contributed by atoms with van der Waals surface area (Å²) in [7, 11) is 0. The minimum Gasteiger partial charge on any atom is -0.463 e. The van der Waals surface area contributed by atoms with Crippen LogP contribution in [-0.4, -0.2) is 16.2 Å². The summed E-state index contributed by atoms with van der Waals surface area (Å²) in [5, 5.41) is 4.11. The average Bonchev–Trinajstić information content (AvgIpc) is 3.21. The van der Waals surface area contributed by atoms with E-state index in [0.717, 1.165) is 17.1 Å². The maximum atomic E-state index is 12.5. The van der Waals surface area contributed by atoms with E-state index in [-0.39, 0.29) is 5.91 Å². The molecule has 0 radical (unpaired) electrons. The van der Waals surface area contributed by atoms with Crippen molar-refractivity contribution in [3.8, 4) is 5.69 Å². The largest absolute Gasteiger partial charge is 0.463 e. The van der Waals surface area contributed by atoms with E-state index in [2.05, 4.69) is 15.1 Å². The van der Waals surface area contributed by atoms with Gasteiger partial charge in [0, 0.05) is 17.1 Å². The minimum atomic E-state index is -0.240. The monoisotopic (exact) mass is 321 g/mol. The predicted octanol–water partition coefficient (Wildman–Crippen LogP) is 3.84. The Kier molecular flexibility index (Phi) is 4.33. The van der Waals surface area contributed by atoms with Crippen molar-refractivity contribution in [1.82, 2.24) is 9.99 Å². The van der Waals surface area contributed by atoms with Gasteiger partial charge >= 0.3 is 0 Å². The van der Waals surface area contributed by atoms with E-state index < -0.39 is 0 Å². The van der Waals surface area contributed by atoms with Gasteiger partial charge in [-0.3, -0.25) is 4.79 Å². The number of furan rings is 1. The van der Waals surface area contributed by atoms with Crippen molar-refractivity contribution in [1.29, 1.82) is 0 Å². The molecule has 0 saturated heterocycles. The molecule has 1 N–H and O–H groups in total. The number of hydrazone groups is 1. The summed E-state index contributed by atoms with van der Waals surface area (Å²) in [4.78, 5) is 12.5. The van der Waals surface area contributed by atoms with Crippen LogP contribution in [0.5, 0.6) is 0 Å². The molecule has 0 aliphatic rings. The highest BCUT2D eigenvalue weighted by Crippen LogP contribution is 2.20. The second kappa shape index (κ2) is 6.58. The molecule has 1 aromatic carbocycles. The topological polar surface area (TPSA) is 59.5 Å². The summed E-state index contributed by atoms with van der Waals surface area (Å²) < 4.78 is 7.31. The number of hydrogen-bond acceptors (Lipinski definition) is 3. The zero-order valence-electron chi connectivity index (χ0n) is 13.9. The fourth-order valence-corrected chi connectivity index (χ4v) is 2.70. The number of rotatable bonds is 4. The van der Waals surface area contributed by atoms with Crippen molar-refractivity contribution in [2.75, 3.05) is 0 Å². The van der Waals surface area contributed by atoms with Crippen molar-refractivity contribution < 1.29 is 9.21 Å². The first-order valence-corrected chi connectivity index (χ1v) is 7.71. The van der Waals surface area contributed by atoms with Crippen molar-refractivity contribution in [3.05, 3.63) is 77.5 Å². The lowest BCUT2D eigenvalue weighted by Crippen LogP contribution is -2.20. The number of carbonyl (C=O) groups excluding carboxylic acids is 1. The Hall–Kier alpha value is -3.08. The van der Waals surface area contributed by atoms with Crippen LogP contribution in [0.3, 0.4) is 0 Å². The van der Waals surface area contributed by atoms with Gasteiger partial charge < -0.3 is 8.98 Å². The number of benzene rings is 1. The second-order valence-electron chi connectivity index (χ2n) is 5.57. The summed E-state index contributed by atoms with van der Waals surface area (Å²) >= 11 is 0. The third-order valence-electron chi connectivity index (χ3n) is 3.89. The molecule has 1 amide bonds. The van der Waals surface area contributed by atoms with Gasteiger partial charge in [0.05, 0.1) is 11.8 Å². The lowest BCUT2D eigenvalue weighted by molar-refractivity contribution is 0.0954. The quantitative estimate of drug-likeness (QED) is 0.586. The molecule has 0 atom stereocenters. The predicted molar refractivity (Wildman–Crippen MR) is 93.6 cm³/mol. The second-order valence-corrected chi connectivity index (χ2v) is 5.57. The van der Waals surface area contributed by atoms with Gasteiger partial charge in [-0.1, -0.05) is 18.2 Å². The van der Waals surface area contributed by atoms with Gasteiger partial charge in [0.1, 0.15) is 11.5 Å². The zero-order valence-corrected chi connectivity index (χ0v) is 13.9. The highest BCUT2D eigenvalue weighted by Gasteiger charge is 2.16. The van der Waals surface area contributed by atoms with Crippen molar-refractivity contribution >= 4 is 11.6 Å². The Morgan fingerprint density at radius 3 is 2.54 bits per heavy atom. The molecule has 0 bridgehead atoms. The molecule has 2 aromatic heterocycles. The maximum Gasteiger partial charge on any atom is 0.273 e. The molecule has 0 aliphatic heterocycles. The summed E-state index contributed by atoms with van der Waals surface area (Å²) in [5.41, 5.74) is 6.72. The zero-order chi connectivity index (χ0) is 17.1. The minimum absolute atomic E-state index is 0.240. The molecule has 3 rings (SSSR count). The van der Waals surface area contributed by atoms with E-state index in [1.807, 2.05) is 50.2 Å². The smallest absolute Gasteiger partial charge is 0.273 e. The van der Waals surface area contributed by atoms with E-state index in [0.29, 0.717) is 17.0 Å². The molecule has 5 heteroatoms. The van der Waals surface area contributed by atoms with Crippen LogP contribution in [0.4, 0.5) is 0 Å². The summed E-state index contributed by atoms with van der Waals surface area (Å²) in [5.74, 6) is 0.390. The molecule has 0 aliphatic carbocycles. The van der Waals surface area contributed by atoms with Gasteiger partial charge in [0.2, 0.25) is 0 Å². The van der Waals surface area contributed by atoms with Gasteiger partial charge in [-0.2, -0.15) is 5.10 Å². The van der Waals surface area contributed by atoms with E-state index in [9.17, 15) is 4.79 Å². The van der Waals surface area contributed by atoms with Crippen molar-refractivity contribution in [2.45, 2.75) is 20.8 Å². The number of nitrogens with zero attached hydrogens (tertiary/aromatic N) is 2. The lowest BCUT2D eigenvalue weighted by atomic mass is 10.2. The molecule has 24 heavy (non-hydrogen) atoms. The molecule has 0 saturated carbocycles. The van der Waals surface area contributed by atoms with Gasteiger partial charge in [-0.25, -0.2) is 5.43 Å². The van der Waals surface area contributed by atoms with Crippen LogP contribution in [0.1, 0.15) is 34.4 Å². The summed E-state index contributed by atoms with van der Waals surface area (Å²) in [6, 6.07) is 15.4. The molecule has 0 fully saturated rings. The maximum absolute atomic E-state index is 12.5. The number of aryl methyl sites for hydroxylation is 1. The molecule has 3 aromatic rings. The number of hydrogen-bond donors (Lipinski definition) is 1. The Morgan fingerprint density at radius 2 is 1.88 bits per heavy atom. The Bertz CT molecular complexity index is 875. The summed E-state index contributed by atoms with van der Waals surface area (Å²) in [6.07, 6.45) is 1.57. The van der Waals surface area contributed by atoms with Gasteiger partial charge in [0.25, 0.3) is 5.91 Å². The summed E-state index contributed by atoms with van der Waals surface area (Å²) in [6.45, 7) is 5.69. The van der Waals surface area contributed by atoms with Crippen molar-refractivity contribution in [2.24, 2.45) is 5.10 Å². The normalized spacial score (nSPS) is 11.5. The van der Waals surface area contributed by atoms with Crippen LogP contribution < -0.4 is 5.43 Å². The van der Waals surface area contributed by atoms with E-state index in [1.165, 1.54) is 0 Å². The van der Waals surface area contributed by atoms with E-state index in [1.54, 1.807) is 25.3 Å². The molecular weight excluding hydrogens is 302 g/mol. The van der Waals surface area contributed by atoms with Crippen molar-refractivity contribution in [3.63, 3.8) is 0 Å². The number of nitrogens with one attached hydrogen (secondary N) is 1. The van der Waals surface area contributed by atoms with Crippen LogP contribution in [-0.2, 0) is 0 Å². The number of amides is 1. The lowest BCUT2D eigenvalue weighted by Gasteiger charge is -2.09. The first-order valence-electron chi connectivity index (χ1n) is 7.71. The fourth-order valence-electron chi connectivity index (χ4n) is 2.70. The highest BCUT2D eigenvalue weighted by atomic mass is 16.3. The first kappa shape index (κ1) is 15.8. The van der Waals surface area contributed by atoms with Gasteiger partial charge in [0.15, 0.2) is 0 Å². The van der Waals surface area contributed by atoms with Crippen LogP contribution >= 0.6 is 0 Å². The van der Waals surface area contributed by atoms with Gasteiger partial charge in [-0.05, 0) is 51.1 Å². The van der Waals surface area contributed by atoms with Crippen LogP contribution in [0, 0.1) is 13.8 Å². The molecule has 122 valence electrons. The average molecular weight is 321 g/mol. The first-order chi connectivity index (χ1) is 11.6. The molecule has 5 nitrogen and oxygen atoms in total. The third kappa shape index (κ3) is 3.01. The van der Waals surface area contributed by atoms with Crippen LogP contribution in [0.2, 0.25) is 0 Å². The Balaban J connectivity index is 1.85. The fraction of sp³-hybridized carbons (Fsp3) is 0.158. The van der Waals surface area contributed by atoms with Crippen LogP contribution in [0.25, 0.3) is 5.69 Å². The molecular formula is C19H19N3O2. The Morgan fingerprint density at radius 1 is 1.12 bits per heavy atom. The molecule has 0 unspecified atom stereocenters. The standard InChI is InChI=1S/C19H19N3O2/c1-13-12-17(15(3)22(13)16-8-5-4-6-9-16)19(23)21-20-14(2)18-10-7-11-24-18/h4-12H,1-3H3,(H,21,23)/b20-14-. The SMILES string of the molecule is C/C(=N/NC(=O)c1cc(C)n(-c2ccccc2)c1C)c1ccco1. The third-order valence-corrected chi connectivity index (χ3v) is 3.89. The number of carbonyl (C=O) groups is 1. The molecule has 2 heterocycles. The number of aromatic nitrogens is 1. The van der Waals surface area contributed by atoms with E-state index >= 15 is 0 Å². The van der Waals surface area contributed by atoms with Crippen LogP contribution in [0.15, 0.2) is 64.3 Å². The van der Waals surface area contributed by atoms with E-state index in [4.69, 9.17) is 4.42 Å². The van der Waals surface area contributed by atoms with Gasteiger partial charge in [-0.15, -0.1) is 0 Å². The molecule has 0 spiro atoms. The highest BCUT2D eigenvalue weighted by molar-refractivity contribution is 5.99.